The molecule has 0 fully saturated rings. The Hall–Kier alpha value is -1.34. The summed E-state index contributed by atoms with van der Waals surface area (Å²) in [6.07, 6.45) is 0.207. The molecular formula is C11H10BrNO2. The summed E-state index contributed by atoms with van der Waals surface area (Å²) in [7, 11) is 0. The molecule has 78 valence electrons. The third-order valence-electron chi connectivity index (χ3n) is 2.17. The Bertz CT molecular complexity index is 425. The molecule has 1 rings (SSSR count). The van der Waals surface area contributed by atoms with Crippen LogP contribution in [0.15, 0.2) is 28.7 Å². The highest BCUT2D eigenvalue weighted by Gasteiger charge is 2.33. The van der Waals surface area contributed by atoms with Crippen molar-refractivity contribution in [2.24, 2.45) is 5.41 Å². The average Bonchev–Trinajstić information content (AvgIpc) is 2.17. The molecule has 1 aromatic carbocycles. The van der Waals surface area contributed by atoms with Gasteiger partial charge in [-0.15, -0.1) is 0 Å². The molecule has 0 saturated carbocycles. The molecule has 0 heterocycles. The smallest absolute Gasteiger partial charge is 0.324 e. The van der Waals surface area contributed by atoms with Gasteiger partial charge in [-0.25, -0.2) is 0 Å². The number of carboxylic acids is 1. The normalized spacial score (nSPS) is 13.9. The van der Waals surface area contributed by atoms with Gasteiger partial charge in [0.15, 0.2) is 5.41 Å². The van der Waals surface area contributed by atoms with Crippen LogP contribution in [0.2, 0.25) is 0 Å². The summed E-state index contributed by atoms with van der Waals surface area (Å²) in [5, 5.41) is 17.8. The molecule has 0 amide bonds. The van der Waals surface area contributed by atoms with Crippen LogP contribution in [-0.2, 0) is 11.2 Å². The van der Waals surface area contributed by atoms with E-state index in [1.54, 1.807) is 0 Å². The molecule has 15 heavy (non-hydrogen) atoms. The van der Waals surface area contributed by atoms with Crippen molar-refractivity contribution in [1.82, 2.24) is 0 Å². The Kier molecular flexibility index (Phi) is 3.48. The number of hydrogen-bond acceptors (Lipinski definition) is 2. The maximum Gasteiger partial charge on any atom is 0.324 e. The standard InChI is InChI=1S/C11H10BrNO2/c1-11(7-13,10(14)15)6-8-3-2-4-9(12)5-8/h2-5H,6H2,1H3,(H,14,15). The maximum absolute atomic E-state index is 10.9. The molecule has 1 aromatic rings. The van der Waals surface area contributed by atoms with Crippen molar-refractivity contribution in [3.8, 4) is 6.07 Å². The summed E-state index contributed by atoms with van der Waals surface area (Å²) in [5.41, 5.74) is -0.531. The predicted octanol–water partition coefficient (Wildman–Crippen LogP) is 2.61. The molecule has 0 aliphatic rings. The van der Waals surface area contributed by atoms with Crippen LogP contribution in [-0.4, -0.2) is 11.1 Å². The quantitative estimate of drug-likeness (QED) is 0.916. The number of rotatable bonds is 3. The van der Waals surface area contributed by atoms with Crippen LogP contribution in [0.5, 0.6) is 0 Å². The Morgan fingerprint density at radius 1 is 1.67 bits per heavy atom. The van der Waals surface area contributed by atoms with Gasteiger partial charge in [0.05, 0.1) is 6.07 Å². The van der Waals surface area contributed by atoms with Gasteiger partial charge in [0.1, 0.15) is 0 Å². The van der Waals surface area contributed by atoms with Crippen molar-refractivity contribution in [2.75, 3.05) is 0 Å². The molecule has 4 heteroatoms. The minimum absolute atomic E-state index is 0.207. The van der Waals surface area contributed by atoms with Crippen molar-refractivity contribution >= 4 is 21.9 Å². The summed E-state index contributed by atoms with van der Waals surface area (Å²) in [5.74, 6) is -1.09. The largest absolute Gasteiger partial charge is 0.480 e. The van der Waals surface area contributed by atoms with Gasteiger partial charge in [0.25, 0.3) is 0 Å². The zero-order valence-electron chi connectivity index (χ0n) is 8.20. The average molecular weight is 268 g/mol. The second-order valence-electron chi connectivity index (χ2n) is 3.56. The number of nitrogens with zero attached hydrogens (tertiary/aromatic N) is 1. The third-order valence-corrected chi connectivity index (χ3v) is 2.66. The van der Waals surface area contributed by atoms with Gasteiger partial charge in [-0.3, -0.25) is 4.79 Å². The number of aliphatic carboxylic acids is 1. The highest BCUT2D eigenvalue weighted by molar-refractivity contribution is 9.10. The van der Waals surface area contributed by atoms with Gasteiger partial charge in [-0.05, 0) is 24.6 Å². The van der Waals surface area contributed by atoms with Crippen molar-refractivity contribution in [3.05, 3.63) is 34.3 Å². The van der Waals surface area contributed by atoms with Crippen LogP contribution in [0.3, 0.4) is 0 Å². The van der Waals surface area contributed by atoms with Crippen molar-refractivity contribution in [1.29, 1.82) is 5.26 Å². The van der Waals surface area contributed by atoms with Gasteiger partial charge >= 0.3 is 5.97 Å². The van der Waals surface area contributed by atoms with Crippen LogP contribution in [0.4, 0.5) is 0 Å². The lowest BCUT2D eigenvalue weighted by Crippen LogP contribution is -2.28. The lowest BCUT2D eigenvalue weighted by Gasteiger charge is -2.15. The topological polar surface area (TPSA) is 61.1 Å². The first-order valence-electron chi connectivity index (χ1n) is 4.37. The Labute approximate surface area is 96.5 Å². The van der Waals surface area contributed by atoms with Gasteiger partial charge < -0.3 is 5.11 Å². The zero-order valence-corrected chi connectivity index (χ0v) is 9.78. The molecule has 0 spiro atoms. The molecule has 0 aliphatic carbocycles. The van der Waals surface area contributed by atoms with E-state index in [1.165, 1.54) is 6.92 Å². The fraction of sp³-hybridized carbons (Fsp3) is 0.273. The molecule has 0 aromatic heterocycles. The van der Waals surface area contributed by atoms with Gasteiger partial charge in [-0.2, -0.15) is 5.26 Å². The molecule has 0 bridgehead atoms. The van der Waals surface area contributed by atoms with E-state index >= 15 is 0 Å². The summed E-state index contributed by atoms with van der Waals surface area (Å²) in [6.45, 7) is 1.43. The van der Waals surface area contributed by atoms with E-state index in [-0.39, 0.29) is 6.42 Å². The summed E-state index contributed by atoms with van der Waals surface area (Å²) < 4.78 is 0.880. The molecule has 1 N–H and O–H groups in total. The second-order valence-corrected chi connectivity index (χ2v) is 4.47. The molecule has 1 unspecified atom stereocenters. The van der Waals surface area contributed by atoms with Gasteiger partial charge in [0, 0.05) is 10.9 Å². The Balaban J connectivity index is 2.95. The summed E-state index contributed by atoms with van der Waals surface area (Å²) in [4.78, 5) is 10.9. The second kappa shape index (κ2) is 4.45. The fourth-order valence-corrected chi connectivity index (χ4v) is 1.66. The number of hydrogen-bond donors (Lipinski definition) is 1. The SMILES string of the molecule is CC(C#N)(Cc1cccc(Br)c1)C(=O)O. The molecule has 0 aliphatic heterocycles. The molecule has 0 saturated heterocycles. The zero-order chi connectivity index (χ0) is 11.5. The first-order valence-corrected chi connectivity index (χ1v) is 5.16. The van der Waals surface area contributed by atoms with Crippen molar-refractivity contribution in [2.45, 2.75) is 13.3 Å². The van der Waals surface area contributed by atoms with E-state index in [4.69, 9.17) is 10.4 Å². The molecule has 1 atom stereocenters. The number of halogens is 1. The Morgan fingerprint density at radius 3 is 2.80 bits per heavy atom. The number of benzene rings is 1. The molecular weight excluding hydrogens is 258 g/mol. The highest BCUT2D eigenvalue weighted by Crippen LogP contribution is 2.23. The van der Waals surface area contributed by atoms with Crippen molar-refractivity contribution < 1.29 is 9.90 Å². The predicted molar refractivity (Wildman–Crippen MR) is 59.2 cm³/mol. The van der Waals surface area contributed by atoms with Gasteiger partial charge in [-0.1, -0.05) is 28.1 Å². The van der Waals surface area contributed by atoms with E-state index in [0.717, 1.165) is 10.0 Å². The Morgan fingerprint density at radius 2 is 2.33 bits per heavy atom. The first kappa shape index (κ1) is 11.7. The highest BCUT2D eigenvalue weighted by atomic mass is 79.9. The van der Waals surface area contributed by atoms with E-state index in [0.29, 0.717) is 0 Å². The molecule has 0 radical (unpaired) electrons. The van der Waals surface area contributed by atoms with Crippen LogP contribution < -0.4 is 0 Å². The third kappa shape index (κ3) is 2.80. The maximum atomic E-state index is 10.9. The first-order chi connectivity index (χ1) is 6.98. The lowest BCUT2D eigenvalue weighted by molar-refractivity contribution is -0.144. The number of carbonyl (C=O) groups is 1. The summed E-state index contributed by atoms with van der Waals surface area (Å²) in [6, 6.07) is 9.13. The molecule has 3 nitrogen and oxygen atoms in total. The van der Waals surface area contributed by atoms with Crippen LogP contribution in [0, 0.1) is 16.7 Å². The van der Waals surface area contributed by atoms with E-state index in [2.05, 4.69) is 15.9 Å². The van der Waals surface area contributed by atoms with Crippen LogP contribution >= 0.6 is 15.9 Å². The van der Waals surface area contributed by atoms with E-state index in [1.807, 2.05) is 30.3 Å². The lowest BCUT2D eigenvalue weighted by atomic mass is 9.85. The summed E-state index contributed by atoms with van der Waals surface area (Å²) >= 11 is 3.30. The van der Waals surface area contributed by atoms with Crippen LogP contribution in [0.1, 0.15) is 12.5 Å². The number of carboxylic acid groups (broad SMARTS) is 1. The monoisotopic (exact) mass is 267 g/mol. The number of nitriles is 1. The fourth-order valence-electron chi connectivity index (χ4n) is 1.22. The van der Waals surface area contributed by atoms with E-state index in [9.17, 15) is 4.79 Å². The van der Waals surface area contributed by atoms with Crippen molar-refractivity contribution in [3.63, 3.8) is 0 Å². The van der Waals surface area contributed by atoms with Gasteiger partial charge in [0.2, 0.25) is 0 Å². The minimum Gasteiger partial charge on any atom is -0.480 e. The minimum atomic E-state index is -1.36. The van der Waals surface area contributed by atoms with E-state index < -0.39 is 11.4 Å². The van der Waals surface area contributed by atoms with Crippen LogP contribution in [0.25, 0.3) is 0 Å².